The normalized spacial score (nSPS) is 10.9. The molecule has 3 aromatic rings. The fourth-order valence-corrected chi connectivity index (χ4v) is 2.75. The predicted octanol–water partition coefficient (Wildman–Crippen LogP) is 4.60. The van der Waals surface area contributed by atoms with E-state index in [0.717, 1.165) is 6.07 Å². The van der Waals surface area contributed by atoms with Gasteiger partial charge in [0.25, 0.3) is 0 Å². The smallest absolute Gasteiger partial charge is 0.357 e. The minimum atomic E-state index is -1.25. The number of ether oxygens (including phenoxy) is 1. The molecule has 0 spiro atoms. The van der Waals surface area contributed by atoms with E-state index in [1.54, 1.807) is 6.92 Å². The summed E-state index contributed by atoms with van der Waals surface area (Å²) in [7, 11) is 0. The first-order chi connectivity index (χ1) is 13.4. The Morgan fingerprint density at radius 2 is 1.68 bits per heavy atom. The SMILES string of the molecule is CCOC(=O)c1[nH]c(CCc2c(F)ccc(F)c2F)nc1-c1ccc(F)cc1. The fraction of sp³-hybridized carbons (Fsp3) is 0.200. The van der Waals surface area contributed by atoms with Gasteiger partial charge in [-0.25, -0.2) is 27.3 Å². The number of aryl methyl sites for hydroxylation is 1. The highest BCUT2D eigenvalue weighted by Gasteiger charge is 2.21. The quantitative estimate of drug-likeness (QED) is 0.379. The second-order valence-electron chi connectivity index (χ2n) is 5.96. The highest BCUT2D eigenvalue weighted by atomic mass is 19.2. The number of esters is 1. The van der Waals surface area contributed by atoms with E-state index in [9.17, 15) is 22.4 Å². The first kappa shape index (κ1) is 19.6. The number of rotatable bonds is 6. The Labute approximate surface area is 158 Å². The average molecular weight is 392 g/mol. The Balaban J connectivity index is 1.92. The lowest BCUT2D eigenvalue weighted by Gasteiger charge is -2.04. The van der Waals surface area contributed by atoms with Crippen molar-refractivity contribution in [2.24, 2.45) is 0 Å². The molecule has 28 heavy (non-hydrogen) atoms. The number of hydrogen-bond acceptors (Lipinski definition) is 3. The Hall–Kier alpha value is -3.16. The summed E-state index contributed by atoms with van der Waals surface area (Å²) in [6.45, 7) is 1.78. The van der Waals surface area contributed by atoms with E-state index in [0.29, 0.717) is 11.6 Å². The summed E-state index contributed by atoms with van der Waals surface area (Å²) >= 11 is 0. The first-order valence-corrected chi connectivity index (χ1v) is 8.55. The molecular weight excluding hydrogens is 376 g/mol. The van der Waals surface area contributed by atoms with Gasteiger partial charge in [-0.3, -0.25) is 0 Å². The van der Waals surface area contributed by atoms with Crippen LogP contribution in [0.3, 0.4) is 0 Å². The van der Waals surface area contributed by atoms with Crippen molar-refractivity contribution in [3.8, 4) is 11.3 Å². The summed E-state index contributed by atoms with van der Waals surface area (Å²) in [5.41, 5.74) is 0.338. The second kappa shape index (κ2) is 8.24. The summed E-state index contributed by atoms with van der Waals surface area (Å²) in [6, 6.07) is 6.90. The maximum atomic E-state index is 13.8. The zero-order chi connectivity index (χ0) is 20.3. The van der Waals surface area contributed by atoms with Crippen LogP contribution in [0.4, 0.5) is 17.6 Å². The first-order valence-electron chi connectivity index (χ1n) is 8.55. The number of benzene rings is 2. The molecule has 0 aliphatic rings. The van der Waals surface area contributed by atoms with Crippen LogP contribution in [-0.2, 0) is 17.6 Å². The summed E-state index contributed by atoms with van der Waals surface area (Å²) in [4.78, 5) is 19.3. The molecule has 146 valence electrons. The van der Waals surface area contributed by atoms with Crippen LogP contribution in [0.2, 0.25) is 0 Å². The molecule has 0 bridgehead atoms. The third-order valence-corrected chi connectivity index (χ3v) is 4.10. The Morgan fingerprint density at radius 3 is 2.36 bits per heavy atom. The van der Waals surface area contributed by atoms with Gasteiger partial charge in [-0.15, -0.1) is 0 Å². The van der Waals surface area contributed by atoms with Crippen LogP contribution in [0.5, 0.6) is 0 Å². The topological polar surface area (TPSA) is 55.0 Å². The van der Waals surface area contributed by atoms with Gasteiger partial charge in [0.2, 0.25) is 0 Å². The molecular formula is C20H16F4N2O2. The largest absolute Gasteiger partial charge is 0.461 e. The Kier molecular flexibility index (Phi) is 5.77. The number of imidazole rings is 1. The van der Waals surface area contributed by atoms with E-state index >= 15 is 0 Å². The standard InChI is InChI=1S/C20H16F4N2O2/c1-2-28-20(27)19-18(11-3-5-12(21)6-4-11)25-16(26-19)10-7-13-14(22)8-9-15(23)17(13)24/h3-6,8-9H,2,7,10H2,1H3,(H,25,26). The molecule has 0 saturated heterocycles. The molecule has 1 N–H and O–H groups in total. The van der Waals surface area contributed by atoms with Crippen LogP contribution in [0.15, 0.2) is 36.4 Å². The van der Waals surface area contributed by atoms with Gasteiger partial charge in [0.15, 0.2) is 17.3 Å². The summed E-state index contributed by atoms with van der Waals surface area (Å²) in [5.74, 6) is -4.12. The van der Waals surface area contributed by atoms with E-state index in [2.05, 4.69) is 9.97 Å². The molecule has 3 rings (SSSR count). The monoisotopic (exact) mass is 392 g/mol. The molecule has 0 unspecified atom stereocenters. The maximum Gasteiger partial charge on any atom is 0.357 e. The van der Waals surface area contributed by atoms with E-state index in [1.165, 1.54) is 24.3 Å². The molecule has 0 amide bonds. The zero-order valence-corrected chi connectivity index (χ0v) is 14.9. The van der Waals surface area contributed by atoms with E-state index < -0.39 is 34.8 Å². The van der Waals surface area contributed by atoms with E-state index in [1.807, 2.05) is 0 Å². The van der Waals surface area contributed by atoms with Crippen molar-refractivity contribution in [3.05, 3.63) is 76.7 Å². The van der Waals surface area contributed by atoms with Crippen molar-refractivity contribution in [2.45, 2.75) is 19.8 Å². The highest BCUT2D eigenvalue weighted by molar-refractivity contribution is 5.94. The number of nitrogens with one attached hydrogen (secondary N) is 1. The molecule has 0 fully saturated rings. The number of halogens is 4. The van der Waals surface area contributed by atoms with Gasteiger partial charge in [0, 0.05) is 17.5 Å². The fourth-order valence-electron chi connectivity index (χ4n) is 2.75. The number of H-pyrrole nitrogens is 1. The minimum Gasteiger partial charge on any atom is -0.461 e. The van der Waals surface area contributed by atoms with Crippen LogP contribution in [0, 0.1) is 23.3 Å². The molecule has 0 atom stereocenters. The van der Waals surface area contributed by atoms with Crippen LogP contribution in [-0.4, -0.2) is 22.5 Å². The number of hydrogen-bond donors (Lipinski definition) is 1. The Bertz CT molecular complexity index is 1000. The average Bonchev–Trinajstić information content (AvgIpc) is 3.10. The third-order valence-electron chi connectivity index (χ3n) is 4.10. The lowest BCUT2D eigenvalue weighted by atomic mass is 10.1. The van der Waals surface area contributed by atoms with Gasteiger partial charge in [0.1, 0.15) is 23.2 Å². The molecule has 8 heteroatoms. The van der Waals surface area contributed by atoms with Gasteiger partial charge in [-0.05, 0) is 49.7 Å². The van der Waals surface area contributed by atoms with Crippen molar-refractivity contribution in [3.63, 3.8) is 0 Å². The lowest BCUT2D eigenvalue weighted by Crippen LogP contribution is -2.07. The summed E-state index contributed by atoms with van der Waals surface area (Å²) < 4.78 is 59.1. The molecule has 0 radical (unpaired) electrons. The summed E-state index contributed by atoms with van der Waals surface area (Å²) in [5, 5.41) is 0. The van der Waals surface area contributed by atoms with Gasteiger partial charge >= 0.3 is 5.97 Å². The Morgan fingerprint density at radius 1 is 1.00 bits per heavy atom. The summed E-state index contributed by atoms with van der Waals surface area (Å²) in [6.07, 6.45) is -0.154. The molecule has 0 aliphatic heterocycles. The van der Waals surface area contributed by atoms with Gasteiger partial charge in [-0.1, -0.05) is 0 Å². The van der Waals surface area contributed by atoms with Crippen molar-refractivity contribution in [1.29, 1.82) is 0 Å². The third kappa shape index (κ3) is 4.05. The van der Waals surface area contributed by atoms with E-state index in [-0.39, 0.29) is 36.7 Å². The molecule has 0 saturated carbocycles. The van der Waals surface area contributed by atoms with Crippen molar-refractivity contribution in [2.75, 3.05) is 6.61 Å². The van der Waals surface area contributed by atoms with Crippen LogP contribution >= 0.6 is 0 Å². The molecule has 1 heterocycles. The molecule has 1 aromatic heterocycles. The number of carbonyl (C=O) groups is 1. The zero-order valence-electron chi connectivity index (χ0n) is 14.9. The van der Waals surface area contributed by atoms with Crippen LogP contribution in [0.1, 0.15) is 28.8 Å². The van der Waals surface area contributed by atoms with Gasteiger partial charge < -0.3 is 9.72 Å². The van der Waals surface area contributed by atoms with Gasteiger partial charge in [0.05, 0.1) is 6.61 Å². The number of nitrogens with zero attached hydrogens (tertiary/aromatic N) is 1. The second-order valence-corrected chi connectivity index (χ2v) is 5.96. The molecule has 0 aliphatic carbocycles. The number of carbonyl (C=O) groups excluding carboxylic acids is 1. The molecule has 2 aromatic carbocycles. The van der Waals surface area contributed by atoms with Crippen LogP contribution < -0.4 is 0 Å². The lowest BCUT2D eigenvalue weighted by molar-refractivity contribution is 0.0521. The predicted molar refractivity (Wildman–Crippen MR) is 93.7 cm³/mol. The van der Waals surface area contributed by atoms with Crippen molar-refractivity contribution < 1.29 is 27.1 Å². The van der Waals surface area contributed by atoms with Crippen molar-refractivity contribution in [1.82, 2.24) is 9.97 Å². The maximum absolute atomic E-state index is 13.8. The van der Waals surface area contributed by atoms with Gasteiger partial charge in [-0.2, -0.15) is 0 Å². The number of aromatic amines is 1. The number of aromatic nitrogens is 2. The molecule has 4 nitrogen and oxygen atoms in total. The highest BCUT2D eigenvalue weighted by Crippen LogP contribution is 2.24. The minimum absolute atomic E-state index is 0.0187. The van der Waals surface area contributed by atoms with Crippen molar-refractivity contribution >= 4 is 5.97 Å². The van der Waals surface area contributed by atoms with E-state index in [4.69, 9.17) is 4.74 Å². The van der Waals surface area contributed by atoms with Crippen LogP contribution in [0.25, 0.3) is 11.3 Å².